The number of aryl methyl sites for hydroxylation is 1. The third-order valence-electron chi connectivity index (χ3n) is 4.12. The van der Waals surface area contributed by atoms with E-state index < -0.39 is 23.1 Å². The summed E-state index contributed by atoms with van der Waals surface area (Å²) in [5.41, 5.74) is 0.766. The molecule has 0 saturated carbocycles. The number of carbonyl (C=O) groups excluding carboxylic acids is 1. The molecule has 0 bridgehead atoms. The highest BCUT2D eigenvalue weighted by atomic mass is 19.1. The van der Waals surface area contributed by atoms with E-state index in [2.05, 4.69) is 5.10 Å². The van der Waals surface area contributed by atoms with Crippen LogP contribution in [0.2, 0.25) is 0 Å². The van der Waals surface area contributed by atoms with Gasteiger partial charge in [-0.25, -0.2) is 8.78 Å². The first-order valence-corrected chi connectivity index (χ1v) is 8.35. The fraction of sp³-hybridized carbons (Fsp3) is 0.150. The molecule has 5 nitrogen and oxygen atoms in total. The lowest BCUT2D eigenvalue weighted by atomic mass is 10.2. The first-order chi connectivity index (χ1) is 12.9. The predicted molar refractivity (Wildman–Crippen MR) is 98.3 cm³/mol. The highest BCUT2D eigenvalue weighted by Crippen LogP contribution is 2.20. The molecule has 1 heterocycles. The molecule has 0 unspecified atom stereocenters. The maximum atomic E-state index is 13.9. The van der Waals surface area contributed by atoms with Crippen molar-refractivity contribution in [3.63, 3.8) is 0 Å². The van der Waals surface area contributed by atoms with Gasteiger partial charge in [-0.3, -0.25) is 9.59 Å². The van der Waals surface area contributed by atoms with Crippen LogP contribution in [0.4, 0.5) is 14.5 Å². The molecular formula is C20H17F2N3O2. The number of nitrogens with zero attached hydrogens (tertiary/aromatic N) is 3. The van der Waals surface area contributed by atoms with Crippen LogP contribution in [0.5, 0.6) is 0 Å². The summed E-state index contributed by atoms with van der Waals surface area (Å²) in [6.07, 6.45) is 0. The summed E-state index contributed by atoms with van der Waals surface area (Å²) in [6, 6.07) is 12.2. The Labute approximate surface area is 154 Å². The average molecular weight is 369 g/mol. The smallest absolute Gasteiger partial charge is 0.278 e. The molecule has 0 N–H and O–H groups in total. The lowest BCUT2D eigenvalue weighted by molar-refractivity contribution is 0.0981. The van der Waals surface area contributed by atoms with Gasteiger partial charge in [0.05, 0.1) is 5.69 Å². The molecule has 1 amide bonds. The second kappa shape index (κ2) is 7.49. The van der Waals surface area contributed by atoms with Crippen molar-refractivity contribution >= 4 is 11.6 Å². The van der Waals surface area contributed by atoms with Gasteiger partial charge in [0.1, 0.15) is 17.3 Å². The molecule has 0 aliphatic heterocycles. The lowest BCUT2D eigenvalue weighted by Crippen LogP contribution is -2.33. The third kappa shape index (κ3) is 3.76. The molecule has 3 aromatic rings. The van der Waals surface area contributed by atoms with Crippen molar-refractivity contribution in [2.24, 2.45) is 0 Å². The number of benzene rings is 2. The minimum absolute atomic E-state index is 0.0155. The molecule has 3 rings (SSSR count). The highest BCUT2D eigenvalue weighted by molar-refractivity contribution is 6.04. The highest BCUT2D eigenvalue weighted by Gasteiger charge is 2.19. The standard InChI is InChI=1S/C20H17F2N3O2/c1-3-24(16-7-4-13(2)17(22)12-16)20(27)18-10-11-19(26)25(23-18)15-8-5-14(21)6-9-15/h4-12H,3H2,1-2H3. The zero-order valence-corrected chi connectivity index (χ0v) is 14.8. The van der Waals surface area contributed by atoms with E-state index in [1.54, 1.807) is 26.0 Å². The summed E-state index contributed by atoms with van der Waals surface area (Å²) in [6.45, 7) is 3.68. The van der Waals surface area contributed by atoms with E-state index in [1.807, 2.05) is 0 Å². The SMILES string of the molecule is CCN(C(=O)c1ccc(=O)n(-c2ccc(F)cc2)n1)c1ccc(C)c(F)c1. The van der Waals surface area contributed by atoms with Crippen molar-refractivity contribution in [2.45, 2.75) is 13.8 Å². The van der Waals surface area contributed by atoms with E-state index >= 15 is 0 Å². The number of hydrogen-bond acceptors (Lipinski definition) is 3. The molecule has 0 atom stereocenters. The second-order valence-electron chi connectivity index (χ2n) is 5.93. The first-order valence-electron chi connectivity index (χ1n) is 8.35. The number of anilines is 1. The summed E-state index contributed by atoms with van der Waals surface area (Å²) in [7, 11) is 0. The fourth-order valence-corrected chi connectivity index (χ4v) is 2.62. The summed E-state index contributed by atoms with van der Waals surface area (Å²) < 4.78 is 28.0. The number of halogens is 2. The van der Waals surface area contributed by atoms with Crippen LogP contribution in [0.15, 0.2) is 59.4 Å². The molecule has 2 aromatic carbocycles. The molecular weight excluding hydrogens is 352 g/mol. The summed E-state index contributed by atoms with van der Waals surface area (Å²) in [4.78, 5) is 26.4. The number of aromatic nitrogens is 2. The maximum Gasteiger partial charge on any atom is 0.278 e. The van der Waals surface area contributed by atoms with Crippen LogP contribution in [0, 0.1) is 18.6 Å². The van der Waals surface area contributed by atoms with E-state index in [0.717, 1.165) is 4.68 Å². The Morgan fingerprint density at radius 3 is 2.41 bits per heavy atom. The minimum Gasteiger partial charge on any atom is -0.307 e. The lowest BCUT2D eigenvalue weighted by Gasteiger charge is -2.21. The Morgan fingerprint density at radius 1 is 1.07 bits per heavy atom. The van der Waals surface area contributed by atoms with Gasteiger partial charge in [-0.05, 0) is 61.9 Å². The summed E-state index contributed by atoms with van der Waals surface area (Å²) in [5, 5.41) is 4.10. The van der Waals surface area contributed by atoms with Gasteiger partial charge in [0.2, 0.25) is 0 Å². The zero-order valence-electron chi connectivity index (χ0n) is 14.8. The van der Waals surface area contributed by atoms with Crippen LogP contribution in [-0.2, 0) is 0 Å². The van der Waals surface area contributed by atoms with Gasteiger partial charge < -0.3 is 4.90 Å². The monoisotopic (exact) mass is 369 g/mol. The van der Waals surface area contributed by atoms with E-state index in [9.17, 15) is 18.4 Å². The van der Waals surface area contributed by atoms with Crippen LogP contribution < -0.4 is 10.5 Å². The molecule has 138 valence electrons. The van der Waals surface area contributed by atoms with Crippen molar-refractivity contribution < 1.29 is 13.6 Å². The molecule has 0 aliphatic rings. The molecule has 1 aromatic heterocycles. The molecule has 0 fully saturated rings. The number of hydrogen-bond donors (Lipinski definition) is 0. The van der Waals surface area contributed by atoms with Gasteiger partial charge in [0.25, 0.3) is 11.5 Å². The van der Waals surface area contributed by atoms with E-state index in [1.165, 1.54) is 47.4 Å². The van der Waals surface area contributed by atoms with Crippen molar-refractivity contribution in [3.05, 3.63) is 87.8 Å². The van der Waals surface area contributed by atoms with Crippen molar-refractivity contribution in [1.82, 2.24) is 9.78 Å². The van der Waals surface area contributed by atoms with Gasteiger partial charge >= 0.3 is 0 Å². The van der Waals surface area contributed by atoms with Gasteiger partial charge in [-0.15, -0.1) is 0 Å². The van der Waals surface area contributed by atoms with Crippen molar-refractivity contribution in [2.75, 3.05) is 11.4 Å². The van der Waals surface area contributed by atoms with Crippen LogP contribution in [0.25, 0.3) is 5.69 Å². The summed E-state index contributed by atoms with van der Waals surface area (Å²) in [5.74, 6) is -1.34. The maximum absolute atomic E-state index is 13.9. The largest absolute Gasteiger partial charge is 0.307 e. The van der Waals surface area contributed by atoms with Gasteiger partial charge in [-0.1, -0.05) is 6.07 Å². The Bertz CT molecular complexity index is 1050. The zero-order chi connectivity index (χ0) is 19.6. The predicted octanol–water partition coefficient (Wildman–Crippen LogP) is 3.49. The first kappa shape index (κ1) is 18.4. The van der Waals surface area contributed by atoms with Crippen LogP contribution in [0.1, 0.15) is 23.0 Å². The van der Waals surface area contributed by atoms with Crippen LogP contribution in [-0.4, -0.2) is 22.2 Å². The Morgan fingerprint density at radius 2 is 1.78 bits per heavy atom. The Hall–Kier alpha value is -3.35. The number of rotatable bonds is 4. The molecule has 0 radical (unpaired) electrons. The molecule has 27 heavy (non-hydrogen) atoms. The Kier molecular flexibility index (Phi) is 5.12. The van der Waals surface area contributed by atoms with E-state index in [0.29, 0.717) is 23.5 Å². The molecule has 7 heteroatoms. The average Bonchev–Trinajstić information content (AvgIpc) is 2.66. The van der Waals surface area contributed by atoms with Gasteiger partial charge in [0.15, 0.2) is 0 Å². The van der Waals surface area contributed by atoms with Gasteiger partial charge in [-0.2, -0.15) is 9.78 Å². The second-order valence-corrected chi connectivity index (χ2v) is 5.93. The van der Waals surface area contributed by atoms with E-state index in [4.69, 9.17) is 0 Å². The number of amides is 1. The number of carbonyl (C=O) groups is 1. The van der Waals surface area contributed by atoms with Gasteiger partial charge in [0, 0.05) is 18.3 Å². The normalized spacial score (nSPS) is 10.7. The molecule has 0 spiro atoms. The quantitative estimate of drug-likeness (QED) is 0.707. The van der Waals surface area contributed by atoms with Crippen molar-refractivity contribution in [1.29, 1.82) is 0 Å². The van der Waals surface area contributed by atoms with E-state index in [-0.39, 0.29) is 5.69 Å². The van der Waals surface area contributed by atoms with Crippen LogP contribution >= 0.6 is 0 Å². The molecule has 0 aliphatic carbocycles. The molecule has 0 saturated heterocycles. The minimum atomic E-state index is -0.475. The third-order valence-corrected chi connectivity index (χ3v) is 4.12. The van der Waals surface area contributed by atoms with Crippen LogP contribution in [0.3, 0.4) is 0 Å². The summed E-state index contributed by atoms with van der Waals surface area (Å²) >= 11 is 0. The van der Waals surface area contributed by atoms with Crippen molar-refractivity contribution in [3.8, 4) is 5.69 Å². The Balaban J connectivity index is 2.00. The fourth-order valence-electron chi connectivity index (χ4n) is 2.62. The topological polar surface area (TPSA) is 55.2 Å².